The van der Waals surface area contributed by atoms with Crippen molar-refractivity contribution in [2.45, 2.75) is 64.9 Å². The van der Waals surface area contributed by atoms with Crippen molar-refractivity contribution < 1.29 is 19.2 Å². The first-order chi connectivity index (χ1) is 17.4. The molecule has 1 fully saturated rings. The summed E-state index contributed by atoms with van der Waals surface area (Å²) in [6, 6.07) is 7.45. The summed E-state index contributed by atoms with van der Waals surface area (Å²) in [5.41, 5.74) is 2.07. The van der Waals surface area contributed by atoms with E-state index in [1.54, 1.807) is 12.3 Å². The third-order valence-corrected chi connectivity index (χ3v) is 11.6. The predicted octanol–water partition coefficient (Wildman–Crippen LogP) is 2.94. The maximum Gasteiger partial charge on any atom is 0.490 e. The lowest BCUT2D eigenvalue weighted by Crippen LogP contribution is -2.42. The number of nitrogens with one attached hydrogen (secondary N) is 2. The second-order valence-corrected chi connectivity index (χ2v) is 15.6. The Balaban J connectivity index is 1.90. The molecule has 2 heterocycles. The van der Waals surface area contributed by atoms with Crippen LogP contribution in [0, 0.1) is 35.5 Å². The van der Waals surface area contributed by atoms with Crippen LogP contribution >= 0.6 is 0 Å². The first kappa shape index (κ1) is 28.6. The maximum absolute atomic E-state index is 10.0. The summed E-state index contributed by atoms with van der Waals surface area (Å²) >= 11 is 0. The van der Waals surface area contributed by atoms with E-state index < -0.39 is 15.4 Å². The molecule has 3 rings (SSSR count). The number of aryl methyl sites for hydroxylation is 1. The summed E-state index contributed by atoms with van der Waals surface area (Å²) in [5.74, 6) is 0.687. The van der Waals surface area contributed by atoms with Gasteiger partial charge in [-0.2, -0.15) is 15.5 Å². The third-order valence-electron chi connectivity index (χ3n) is 7.11. The summed E-state index contributed by atoms with van der Waals surface area (Å²) in [6.45, 7) is 13.6. The van der Waals surface area contributed by atoms with E-state index in [4.69, 9.17) is 9.16 Å². The quantitative estimate of drug-likeness (QED) is 0.380. The summed E-state index contributed by atoms with van der Waals surface area (Å²) in [5, 5.41) is 45.7. The van der Waals surface area contributed by atoms with Gasteiger partial charge in [0.2, 0.25) is 5.95 Å². The number of nitriles is 2. The second-order valence-electron chi connectivity index (χ2n) is 10.8. The molecule has 0 aliphatic carbocycles. The normalized spacial score (nSPS) is 18.0. The van der Waals surface area contributed by atoms with Gasteiger partial charge in [-0.1, -0.05) is 20.8 Å². The number of nitrogens with zero attached hydrogens (tertiary/aromatic N) is 4. The van der Waals surface area contributed by atoms with Gasteiger partial charge in [-0.15, -0.1) is 0 Å². The van der Waals surface area contributed by atoms with Crippen LogP contribution in [0.5, 0.6) is 0 Å². The van der Waals surface area contributed by atoms with Crippen LogP contribution in [0.4, 0.5) is 17.5 Å². The number of ether oxygens (including phenoxy) is 1. The van der Waals surface area contributed by atoms with E-state index in [1.165, 1.54) is 6.07 Å². The summed E-state index contributed by atoms with van der Waals surface area (Å²) < 4.78 is 11.9. The van der Waals surface area contributed by atoms with Gasteiger partial charge in [0, 0.05) is 29.5 Å². The molecule has 0 bridgehead atoms. The number of anilines is 3. The zero-order chi connectivity index (χ0) is 27.4. The predicted molar refractivity (Wildman–Crippen MR) is 145 cm³/mol. The fourth-order valence-corrected chi connectivity index (χ4v) is 4.71. The summed E-state index contributed by atoms with van der Waals surface area (Å²) in [7, 11) is -3.96. The zero-order valence-electron chi connectivity index (χ0n) is 22.3. The highest BCUT2D eigenvalue weighted by molar-refractivity contribution is 6.74. The standard InChI is InChI=1S/C25H35BN6O4Si/c1-16-13-29-24(32-23(16)31-21-15-35-8-7-17(21)11-27)30-20-9-18(12-28)22(26(33)34)19(10-20)14-36-37(5,6)25(2,3)4/h9-10,13,17,21,33-34H,7-8,14-15H2,1-6H3,(H2,29,30,31,32). The second kappa shape index (κ2) is 11.6. The minimum atomic E-state index is -2.14. The Labute approximate surface area is 219 Å². The van der Waals surface area contributed by atoms with Crippen LogP contribution in [0.1, 0.15) is 43.9 Å². The summed E-state index contributed by atoms with van der Waals surface area (Å²) in [4.78, 5) is 8.95. The molecule has 1 aromatic carbocycles. The largest absolute Gasteiger partial charge is 0.490 e. The van der Waals surface area contributed by atoms with Crippen molar-refractivity contribution in [3.8, 4) is 12.1 Å². The Morgan fingerprint density at radius 1 is 1.27 bits per heavy atom. The molecule has 1 aromatic heterocycles. The van der Waals surface area contributed by atoms with Crippen LogP contribution in [-0.4, -0.2) is 54.7 Å². The van der Waals surface area contributed by atoms with E-state index in [9.17, 15) is 20.6 Å². The first-order valence-electron chi connectivity index (χ1n) is 12.3. The number of aromatic nitrogens is 2. The Morgan fingerprint density at radius 2 is 2.00 bits per heavy atom. The van der Waals surface area contributed by atoms with Crippen molar-refractivity contribution in [3.05, 3.63) is 35.0 Å². The Kier molecular flexibility index (Phi) is 8.95. The highest BCUT2D eigenvalue weighted by Crippen LogP contribution is 2.37. The fourth-order valence-electron chi connectivity index (χ4n) is 3.76. The fraction of sp³-hybridized carbons (Fsp3) is 0.520. The highest BCUT2D eigenvalue weighted by Gasteiger charge is 2.37. The van der Waals surface area contributed by atoms with Crippen LogP contribution in [0.3, 0.4) is 0 Å². The first-order valence-corrected chi connectivity index (χ1v) is 15.2. The molecule has 0 radical (unpaired) electrons. The molecule has 4 N–H and O–H groups in total. The maximum atomic E-state index is 10.0. The van der Waals surface area contributed by atoms with Gasteiger partial charge in [0.1, 0.15) is 5.82 Å². The van der Waals surface area contributed by atoms with Crippen LogP contribution < -0.4 is 16.1 Å². The number of benzene rings is 1. The highest BCUT2D eigenvalue weighted by atomic mass is 28.4. The molecule has 12 heteroatoms. The van der Waals surface area contributed by atoms with E-state index in [-0.39, 0.29) is 40.6 Å². The molecule has 1 aliphatic rings. The van der Waals surface area contributed by atoms with Crippen LogP contribution in [0.2, 0.25) is 18.1 Å². The van der Waals surface area contributed by atoms with E-state index in [0.29, 0.717) is 36.7 Å². The van der Waals surface area contributed by atoms with Gasteiger partial charge in [-0.25, -0.2) is 4.98 Å². The molecule has 37 heavy (non-hydrogen) atoms. The van der Waals surface area contributed by atoms with Crippen LogP contribution in [-0.2, 0) is 15.8 Å². The van der Waals surface area contributed by atoms with Gasteiger partial charge in [0.15, 0.2) is 8.32 Å². The van der Waals surface area contributed by atoms with Crippen molar-refractivity contribution in [2.24, 2.45) is 5.92 Å². The van der Waals surface area contributed by atoms with E-state index in [1.807, 2.05) is 6.92 Å². The SMILES string of the molecule is Cc1cnc(Nc2cc(C#N)c(B(O)O)c(CO[Si](C)(C)C(C)(C)C)c2)nc1NC1COCCC1C#N. The lowest BCUT2D eigenvalue weighted by atomic mass is 9.74. The van der Waals surface area contributed by atoms with E-state index in [2.05, 4.69) is 66.6 Å². The molecule has 2 unspecified atom stereocenters. The van der Waals surface area contributed by atoms with Gasteiger partial charge < -0.3 is 29.8 Å². The van der Waals surface area contributed by atoms with Crippen molar-refractivity contribution in [3.63, 3.8) is 0 Å². The molecule has 1 saturated heterocycles. The Morgan fingerprint density at radius 3 is 2.62 bits per heavy atom. The van der Waals surface area contributed by atoms with Crippen LogP contribution in [0.15, 0.2) is 18.3 Å². The van der Waals surface area contributed by atoms with Gasteiger partial charge >= 0.3 is 7.12 Å². The average molecular weight is 522 g/mol. The zero-order valence-corrected chi connectivity index (χ0v) is 23.3. The molecule has 10 nitrogen and oxygen atoms in total. The van der Waals surface area contributed by atoms with Gasteiger partial charge in [0.05, 0.1) is 42.9 Å². The number of hydrogen-bond acceptors (Lipinski definition) is 10. The van der Waals surface area contributed by atoms with Crippen molar-refractivity contribution in [2.75, 3.05) is 23.8 Å². The lowest BCUT2D eigenvalue weighted by Gasteiger charge is -2.36. The number of rotatable bonds is 8. The van der Waals surface area contributed by atoms with E-state index in [0.717, 1.165) is 5.56 Å². The molecule has 0 amide bonds. The molecule has 2 aromatic rings. The molecule has 196 valence electrons. The Bertz CT molecular complexity index is 1210. The Hall–Kier alpha value is -3.00. The molecule has 0 saturated carbocycles. The van der Waals surface area contributed by atoms with Gasteiger partial charge in [-0.3, -0.25) is 0 Å². The minimum absolute atomic E-state index is 0.0357. The van der Waals surface area contributed by atoms with Gasteiger partial charge in [-0.05, 0) is 49.2 Å². The van der Waals surface area contributed by atoms with Gasteiger partial charge in [0.25, 0.3) is 0 Å². The third kappa shape index (κ3) is 6.86. The van der Waals surface area contributed by atoms with Crippen molar-refractivity contribution >= 4 is 38.4 Å². The smallest absolute Gasteiger partial charge is 0.423 e. The van der Waals surface area contributed by atoms with Crippen molar-refractivity contribution in [1.29, 1.82) is 10.5 Å². The minimum Gasteiger partial charge on any atom is -0.423 e. The lowest BCUT2D eigenvalue weighted by molar-refractivity contribution is 0.0698. The average Bonchev–Trinajstić information content (AvgIpc) is 2.83. The molecule has 2 atom stereocenters. The summed E-state index contributed by atoms with van der Waals surface area (Å²) in [6.07, 6.45) is 2.32. The molecular formula is C25H35BN6O4Si. The molecule has 0 spiro atoms. The topological polar surface area (TPSA) is 156 Å². The molecular weight excluding hydrogens is 487 g/mol. The monoisotopic (exact) mass is 522 g/mol. The van der Waals surface area contributed by atoms with Crippen LogP contribution in [0.25, 0.3) is 0 Å². The molecule has 1 aliphatic heterocycles. The van der Waals surface area contributed by atoms with E-state index >= 15 is 0 Å². The van der Waals surface area contributed by atoms with Crippen molar-refractivity contribution in [1.82, 2.24) is 9.97 Å². The number of hydrogen-bond donors (Lipinski definition) is 4.